The van der Waals surface area contributed by atoms with Crippen molar-refractivity contribution in [3.05, 3.63) is 76.1 Å². The highest BCUT2D eigenvalue weighted by Crippen LogP contribution is 2.55. The fraction of sp³-hybridized carbons (Fsp3) is 0.393. The van der Waals surface area contributed by atoms with Crippen molar-refractivity contribution in [2.24, 2.45) is 0 Å². The molecule has 6 nitrogen and oxygen atoms in total. The number of aryl methyl sites for hydroxylation is 1. The van der Waals surface area contributed by atoms with Crippen LogP contribution in [0.15, 0.2) is 48.0 Å². The lowest BCUT2D eigenvalue weighted by molar-refractivity contribution is -0.144. The lowest BCUT2D eigenvalue weighted by atomic mass is 9.80. The smallest absolute Gasteiger partial charge is 0.296 e. The van der Waals surface area contributed by atoms with E-state index in [-0.39, 0.29) is 23.5 Å². The summed E-state index contributed by atoms with van der Waals surface area (Å²) >= 11 is 0. The fourth-order valence-electron chi connectivity index (χ4n) is 5.43. The molecule has 1 saturated heterocycles. The molecule has 1 heterocycles. The molecule has 1 amide bonds. The van der Waals surface area contributed by atoms with E-state index in [0.29, 0.717) is 30.5 Å². The van der Waals surface area contributed by atoms with Crippen LogP contribution < -0.4 is 0 Å². The van der Waals surface area contributed by atoms with Crippen molar-refractivity contribution in [3.8, 4) is 0 Å². The first-order valence-electron chi connectivity index (χ1n) is 12.0. The lowest BCUT2D eigenvalue weighted by Gasteiger charge is -2.35. The summed E-state index contributed by atoms with van der Waals surface area (Å²) in [7, 11) is 3.81. The molecule has 7 heteroatoms. The fourth-order valence-corrected chi connectivity index (χ4v) is 5.43. The number of hydrogen-bond donors (Lipinski definition) is 1. The second-order valence-electron chi connectivity index (χ2n) is 9.63. The second-order valence-corrected chi connectivity index (χ2v) is 9.63. The van der Waals surface area contributed by atoms with Gasteiger partial charge in [-0.2, -0.15) is 0 Å². The largest absolute Gasteiger partial charge is 0.507 e. The van der Waals surface area contributed by atoms with Gasteiger partial charge in [-0.15, -0.1) is 0 Å². The van der Waals surface area contributed by atoms with Crippen molar-refractivity contribution in [2.75, 3.05) is 27.2 Å². The highest BCUT2D eigenvalue weighted by atomic mass is 19.1. The van der Waals surface area contributed by atoms with E-state index in [9.17, 15) is 23.9 Å². The molecule has 1 spiro atoms. The number of nitrogens with zero attached hydrogens (tertiary/aromatic N) is 2. The zero-order valence-electron chi connectivity index (χ0n) is 20.6. The van der Waals surface area contributed by atoms with Gasteiger partial charge in [0, 0.05) is 18.0 Å². The maximum absolute atomic E-state index is 14.4. The number of Topliss-reactive ketones (excluding diaryl/α,β-unsaturated/α-hetero) is 2. The molecule has 35 heavy (non-hydrogen) atoms. The van der Waals surface area contributed by atoms with Gasteiger partial charge in [0.25, 0.3) is 11.7 Å². The number of amides is 1. The summed E-state index contributed by atoms with van der Waals surface area (Å²) in [6.45, 7) is 4.38. The van der Waals surface area contributed by atoms with Crippen LogP contribution in [0.25, 0.3) is 5.76 Å². The van der Waals surface area contributed by atoms with E-state index in [1.165, 1.54) is 17.0 Å². The Morgan fingerprint density at radius 3 is 2.51 bits per heavy atom. The van der Waals surface area contributed by atoms with Gasteiger partial charge in [-0.05, 0) is 63.2 Å². The number of fused-ring (bicyclic) bond motifs is 2. The quantitative estimate of drug-likeness (QED) is 0.368. The standard InChI is InChI=1S/C28H31FN2O4/c1-5-9-20-19-10-6-7-11-21(19)28(26(20)34)23(24(32)18-13-12-17(2)22(29)16-18)25(33)27(35)31(28)15-8-14-30(3)4/h6-7,10-13,16,20,32H,5,8-9,14-15H2,1-4H3/t20?,28-/m1/s1. The SMILES string of the molecule is CCCC1C(=O)[C@]2(C(=C(O)c3ccc(C)c(F)c3)C(=O)C(=O)N2CCCN(C)C)c2ccccc21. The second kappa shape index (κ2) is 9.38. The Hall–Kier alpha value is -3.32. The van der Waals surface area contributed by atoms with Crippen LogP contribution in [-0.2, 0) is 19.9 Å². The number of aliphatic hydroxyl groups excluding tert-OH is 1. The maximum atomic E-state index is 14.4. The first-order valence-corrected chi connectivity index (χ1v) is 12.0. The number of benzene rings is 2. The molecule has 1 aliphatic heterocycles. The number of likely N-dealkylation sites (tertiary alicyclic amines) is 1. The van der Waals surface area contributed by atoms with Crippen molar-refractivity contribution < 1.29 is 23.9 Å². The van der Waals surface area contributed by atoms with Crippen LogP contribution in [0.2, 0.25) is 0 Å². The third-order valence-corrected chi connectivity index (χ3v) is 7.08. The van der Waals surface area contributed by atoms with Gasteiger partial charge in [0.05, 0.1) is 5.57 Å². The van der Waals surface area contributed by atoms with Gasteiger partial charge in [-0.25, -0.2) is 4.39 Å². The van der Waals surface area contributed by atoms with Gasteiger partial charge in [0.2, 0.25) is 0 Å². The Morgan fingerprint density at radius 2 is 1.86 bits per heavy atom. The Labute approximate surface area is 205 Å². The molecule has 0 saturated carbocycles. The number of carbonyl (C=O) groups is 3. The minimum Gasteiger partial charge on any atom is -0.507 e. The highest BCUT2D eigenvalue weighted by molar-refractivity contribution is 6.49. The van der Waals surface area contributed by atoms with E-state index in [0.717, 1.165) is 18.1 Å². The molecule has 2 aromatic carbocycles. The summed E-state index contributed by atoms with van der Waals surface area (Å²) in [5.41, 5.74) is -0.260. The van der Waals surface area contributed by atoms with Crippen LogP contribution in [0, 0.1) is 12.7 Å². The predicted octanol–water partition coefficient (Wildman–Crippen LogP) is 4.13. The number of halogens is 1. The third-order valence-electron chi connectivity index (χ3n) is 7.08. The van der Waals surface area contributed by atoms with E-state index in [2.05, 4.69) is 0 Å². The Bertz CT molecular complexity index is 1240. The molecule has 0 aromatic heterocycles. The summed E-state index contributed by atoms with van der Waals surface area (Å²) in [5.74, 6) is -3.63. The zero-order chi connectivity index (χ0) is 25.5. The molecule has 2 atom stereocenters. The average molecular weight is 479 g/mol. The van der Waals surface area contributed by atoms with Crippen LogP contribution in [0.3, 0.4) is 0 Å². The Kier molecular flexibility index (Phi) is 6.64. The zero-order valence-corrected chi connectivity index (χ0v) is 20.6. The number of ketones is 2. The number of hydrogen-bond acceptors (Lipinski definition) is 5. The number of carbonyl (C=O) groups excluding carboxylic acids is 3. The van der Waals surface area contributed by atoms with Gasteiger partial charge in [0.1, 0.15) is 11.6 Å². The van der Waals surface area contributed by atoms with E-state index >= 15 is 0 Å². The van der Waals surface area contributed by atoms with Crippen molar-refractivity contribution in [2.45, 2.75) is 44.6 Å². The van der Waals surface area contributed by atoms with E-state index in [1.54, 1.807) is 19.1 Å². The Balaban J connectivity index is 2.01. The van der Waals surface area contributed by atoms with Crippen molar-refractivity contribution >= 4 is 23.2 Å². The Morgan fingerprint density at radius 1 is 1.14 bits per heavy atom. The van der Waals surface area contributed by atoms with Gasteiger partial charge >= 0.3 is 0 Å². The van der Waals surface area contributed by atoms with E-state index in [4.69, 9.17) is 0 Å². The number of rotatable bonds is 7. The molecular formula is C28H31FN2O4. The molecule has 1 N–H and O–H groups in total. The van der Waals surface area contributed by atoms with Crippen LogP contribution in [0.5, 0.6) is 0 Å². The van der Waals surface area contributed by atoms with Gasteiger partial charge < -0.3 is 14.9 Å². The molecular weight excluding hydrogens is 447 g/mol. The molecule has 1 fully saturated rings. The van der Waals surface area contributed by atoms with Crippen molar-refractivity contribution in [1.82, 2.24) is 9.80 Å². The van der Waals surface area contributed by atoms with Gasteiger partial charge in [-0.1, -0.05) is 49.7 Å². The van der Waals surface area contributed by atoms with Gasteiger partial charge in [0.15, 0.2) is 11.3 Å². The van der Waals surface area contributed by atoms with E-state index in [1.807, 2.05) is 38.1 Å². The summed E-state index contributed by atoms with van der Waals surface area (Å²) in [6, 6.07) is 11.3. The predicted molar refractivity (Wildman–Crippen MR) is 131 cm³/mol. The molecule has 0 radical (unpaired) electrons. The van der Waals surface area contributed by atoms with Crippen LogP contribution in [0.4, 0.5) is 4.39 Å². The molecule has 2 aromatic rings. The topological polar surface area (TPSA) is 77.9 Å². The maximum Gasteiger partial charge on any atom is 0.296 e. The van der Waals surface area contributed by atoms with Gasteiger partial charge in [-0.3, -0.25) is 14.4 Å². The van der Waals surface area contributed by atoms with Crippen LogP contribution >= 0.6 is 0 Å². The summed E-state index contributed by atoms with van der Waals surface area (Å²) < 4.78 is 14.4. The number of aliphatic hydroxyl groups is 1. The van der Waals surface area contributed by atoms with Crippen LogP contribution in [0.1, 0.15) is 54.4 Å². The summed E-state index contributed by atoms with van der Waals surface area (Å²) in [5, 5.41) is 11.4. The summed E-state index contributed by atoms with van der Waals surface area (Å²) in [6.07, 6.45) is 1.82. The van der Waals surface area contributed by atoms with Crippen molar-refractivity contribution in [1.29, 1.82) is 0 Å². The highest BCUT2D eigenvalue weighted by Gasteiger charge is 2.66. The monoisotopic (exact) mass is 478 g/mol. The summed E-state index contributed by atoms with van der Waals surface area (Å²) in [4.78, 5) is 44.5. The average Bonchev–Trinajstić information content (AvgIpc) is 3.19. The van der Waals surface area contributed by atoms with Crippen molar-refractivity contribution in [3.63, 3.8) is 0 Å². The molecule has 184 valence electrons. The van der Waals surface area contributed by atoms with E-state index < -0.39 is 34.7 Å². The molecule has 1 unspecified atom stereocenters. The third kappa shape index (κ3) is 3.78. The first kappa shape index (κ1) is 24.8. The lowest BCUT2D eigenvalue weighted by Crippen LogP contribution is -2.49. The molecule has 2 aliphatic rings. The minimum atomic E-state index is -1.73. The molecule has 4 rings (SSSR count). The minimum absolute atomic E-state index is 0.0583. The molecule has 1 aliphatic carbocycles. The van der Waals surface area contributed by atoms with Crippen LogP contribution in [-0.4, -0.2) is 59.6 Å². The first-order chi connectivity index (χ1) is 16.7. The normalized spacial score (nSPS) is 23.1. The molecule has 0 bridgehead atoms.